The van der Waals surface area contributed by atoms with Crippen LogP contribution in [0.4, 0.5) is 0 Å². The molecule has 0 saturated carbocycles. The van der Waals surface area contributed by atoms with Crippen LogP contribution >= 0.6 is 11.8 Å². The largest absolute Gasteiger partial charge is 0.379 e. The van der Waals surface area contributed by atoms with Gasteiger partial charge in [0.1, 0.15) is 0 Å². The lowest BCUT2D eigenvalue weighted by atomic mass is 10.2. The molecule has 0 radical (unpaired) electrons. The fraction of sp³-hybridized carbons (Fsp3) is 0.600. The molecule has 0 aliphatic carbocycles. The first kappa shape index (κ1) is 17.2. The van der Waals surface area contributed by atoms with Gasteiger partial charge in [0.25, 0.3) is 5.91 Å². The minimum Gasteiger partial charge on any atom is -0.379 e. The molecule has 22 heavy (non-hydrogen) atoms. The van der Waals surface area contributed by atoms with E-state index >= 15 is 0 Å². The molecule has 7 heteroatoms. The van der Waals surface area contributed by atoms with Crippen LogP contribution in [0.1, 0.15) is 6.92 Å². The number of ether oxygens (including phenoxy) is 2. The monoisotopic (exact) mass is 325 g/mol. The Bertz CT molecular complexity index is 468. The second-order valence-corrected chi connectivity index (χ2v) is 6.21. The van der Waals surface area contributed by atoms with Crippen molar-refractivity contribution in [2.45, 2.75) is 16.9 Å². The number of hydrogen-bond acceptors (Lipinski definition) is 6. The molecule has 1 unspecified atom stereocenters. The van der Waals surface area contributed by atoms with Crippen molar-refractivity contribution < 1.29 is 14.3 Å². The van der Waals surface area contributed by atoms with E-state index in [4.69, 9.17) is 9.47 Å². The van der Waals surface area contributed by atoms with E-state index in [2.05, 4.69) is 15.2 Å². The molecule has 1 aliphatic heterocycles. The van der Waals surface area contributed by atoms with Crippen molar-refractivity contribution >= 4 is 17.7 Å². The smallest absolute Gasteiger partial charge is 0.264 e. The van der Waals surface area contributed by atoms with Crippen molar-refractivity contribution in [3.05, 3.63) is 24.4 Å². The summed E-state index contributed by atoms with van der Waals surface area (Å²) in [7, 11) is 1.63. The Hall–Kier alpha value is -1.15. The molecule has 1 amide bonds. The molecule has 2 heterocycles. The van der Waals surface area contributed by atoms with Gasteiger partial charge < -0.3 is 14.8 Å². The summed E-state index contributed by atoms with van der Waals surface area (Å²) in [5.41, 5.74) is 0. The molecule has 1 N–H and O–H groups in total. The molecule has 0 bridgehead atoms. The Morgan fingerprint density at radius 3 is 2.86 bits per heavy atom. The van der Waals surface area contributed by atoms with Gasteiger partial charge in [0.2, 0.25) is 4.93 Å². The summed E-state index contributed by atoms with van der Waals surface area (Å²) < 4.78 is 11.3. The zero-order chi connectivity index (χ0) is 15.8. The fourth-order valence-electron chi connectivity index (χ4n) is 2.34. The van der Waals surface area contributed by atoms with E-state index < -0.39 is 4.93 Å². The first-order valence-electron chi connectivity index (χ1n) is 7.46. The van der Waals surface area contributed by atoms with Crippen LogP contribution < -0.4 is 5.32 Å². The lowest BCUT2D eigenvalue weighted by molar-refractivity contribution is -0.138. The van der Waals surface area contributed by atoms with Crippen molar-refractivity contribution in [1.29, 1.82) is 0 Å². The van der Waals surface area contributed by atoms with Crippen LogP contribution in [-0.4, -0.2) is 67.2 Å². The normalized spacial score (nSPS) is 18.6. The number of hydrogen-bond donors (Lipinski definition) is 1. The van der Waals surface area contributed by atoms with Gasteiger partial charge in [-0.3, -0.25) is 9.69 Å². The Kier molecular flexibility index (Phi) is 6.63. The summed E-state index contributed by atoms with van der Waals surface area (Å²) in [4.78, 5) is 18.1. The zero-order valence-corrected chi connectivity index (χ0v) is 13.9. The highest BCUT2D eigenvalue weighted by Gasteiger charge is 2.42. The van der Waals surface area contributed by atoms with E-state index in [0.717, 1.165) is 18.1 Å². The lowest BCUT2D eigenvalue weighted by Gasteiger charge is -2.37. The number of rotatable bonds is 7. The molecule has 0 spiro atoms. The summed E-state index contributed by atoms with van der Waals surface area (Å²) >= 11 is 1.36. The second-order valence-electron chi connectivity index (χ2n) is 4.92. The fourth-order valence-corrected chi connectivity index (χ4v) is 3.56. The molecule has 1 aromatic heterocycles. The quantitative estimate of drug-likeness (QED) is 0.596. The predicted octanol–water partition coefficient (Wildman–Crippen LogP) is 0.985. The molecular weight excluding hydrogens is 302 g/mol. The molecule has 6 nitrogen and oxygen atoms in total. The summed E-state index contributed by atoms with van der Waals surface area (Å²) in [6.07, 6.45) is 1.72. The SMILES string of the molecule is CCOC(CN1CCOCC1)(Sc1ccccn1)C(=O)NC. The topological polar surface area (TPSA) is 63.7 Å². The summed E-state index contributed by atoms with van der Waals surface area (Å²) in [5, 5.41) is 3.50. The van der Waals surface area contributed by atoms with E-state index in [9.17, 15) is 4.79 Å². The van der Waals surface area contributed by atoms with Crippen LogP contribution in [0.15, 0.2) is 29.4 Å². The molecule has 122 valence electrons. The van der Waals surface area contributed by atoms with E-state index in [1.807, 2.05) is 25.1 Å². The van der Waals surface area contributed by atoms with Gasteiger partial charge in [-0.05, 0) is 19.1 Å². The molecule has 1 fully saturated rings. The summed E-state index contributed by atoms with van der Waals surface area (Å²) in [6.45, 7) is 5.83. The van der Waals surface area contributed by atoms with Crippen LogP contribution in [0.5, 0.6) is 0 Å². The number of nitrogens with zero attached hydrogens (tertiary/aromatic N) is 2. The van der Waals surface area contributed by atoms with Crippen molar-refractivity contribution in [1.82, 2.24) is 15.2 Å². The average Bonchev–Trinajstić information content (AvgIpc) is 2.56. The standard InChI is InChI=1S/C15H23N3O3S/c1-3-21-15(14(19)16-2,12-18-8-10-20-11-9-18)22-13-6-4-5-7-17-13/h4-7H,3,8-12H2,1-2H3,(H,16,19). The van der Waals surface area contributed by atoms with Crippen LogP contribution in [-0.2, 0) is 14.3 Å². The Labute approximate surface area is 135 Å². The Morgan fingerprint density at radius 1 is 1.50 bits per heavy atom. The van der Waals surface area contributed by atoms with E-state index in [1.54, 1.807) is 13.2 Å². The van der Waals surface area contributed by atoms with E-state index in [0.29, 0.717) is 26.4 Å². The highest BCUT2D eigenvalue weighted by atomic mass is 32.2. The number of thioether (sulfide) groups is 1. The maximum atomic E-state index is 12.6. The molecular formula is C15H23N3O3S. The third-order valence-electron chi connectivity index (χ3n) is 3.39. The summed E-state index contributed by atoms with van der Waals surface area (Å²) in [6, 6.07) is 5.65. The number of morpholine rings is 1. The van der Waals surface area contributed by atoms with Crippen molar-refractivity contribution in [3.63, 3.8) is 0 Å². The third kappa shape index (κ3) is 4.42. The van der Waals surface area contributed by atoms with Gasteiger partial charge in [0.15, 0.2) is 0 Å². The second kappa shape index (κ2) is 8.47. The maximum Gasteiger partial charge on any atom is 0.264 e. The third-order valence-corrected chi connectivity index (χ3v) is 4.61. The van der Waals surface area contributed by atoms with Gasteiger partial charge in [-0.25, -0.2) is 4.98 Å². The first-order chi connectivity index (χ1) is 10.7. The van der Waals surface area contributed by atoms with Crippen molar-refractivity contribution in [2.75, 3.05) is 46.5 Å². The number of pyridine rings is 1. The molecule has 1 aromatic rings. The van der Waals surface area contributed by atoms with Crippen molar-refractivity contribution in [3.8, 4) is 0 Å². The van der Waals surface area contributed by atoms with E-state index in [1.165, 1.54) is 11.8 Å². The van der Waals surface area contributed by atoms with E-state index in [-0.39, 0.29) is 5.91 Å². The number of aromatic nitrogens is 1. The van der Waals surface area contributed by atoms with Crippen molar-refractivity contribution in [2.24, 2.45) is 0 Å². The van der Waals surface area contributed by atoms with Crippen LogP contribution in [0.3, 0.4) is 0 Å². The van der Waals surface area contributed by atoms with Crippen LogP contribution in [0.25, 0.3) is 0 Å². The molecule has 1 atom stereocenters. The van der Waals surface area contributed by atoms with Gasteiger partial charge in [0.05, 0.1) is 18.2 Å². The minimum absolute atomic E-state index is 0.142. The van der Waals surface area contributed by atoms with Crippen LogP contribution in [0.2, 0.25) is 0 Å². The average molecular weight is 325 g/mol. The van der Waals surface area contributed by atoms with Gasteiger partial charge in [-0.1, -0.05) is 17.8 Å². The highest BCUT2D eigenvalue weighted by Crippen LogP contribution is 2.34. The number of carbonyl (C=O) groups is 1. The first-order valence-corrected chi connectivity index (χ1v) is 8.28. The molecule has 1 aliphatic rings. The van der Waals surface area contributed by atoms with Gasteiger partial charge in [-0.2, -0.15) is 0 Å². The van der Waals surface area contributed by atoms with Gasteiger partial charge in [0, 0.05) is 39.5 Å². The Balaban J connectivity index is 2.21. The van der Waals surface area contributed by atoms with Gasteiger partial charge in [-0.15, -0.1) is 0 Å². The van der Waals surface area contributed by atoms with Gasteiger partial charge >= 0.3 is 0 Å². The number of carbonyl (C=O) groups excluding carboxylic acids is 1. The maximum absolute atomic E-state index is 12.6. The number of nitrogens with one attached hydrogen (secondary N) is 1. The molecule has 0 aromatic carbocycles. The Morgan fingerprint density at radius 2 is 2.27 bits per heavy atom. The molecule has 2 rings (SSSR count). The lowest BCUT2D eigenvalue weighted by Crippen LogP contribution is -2.54. The predicted molar refractivity (Wildman–Crippen MR) is 85.8 cm³/mol. The summed E-state index contributed by atoms with van der Waals surface area (Å²) in [5.74, 6) is -0.142. The molecule has 1 saturated heterocycles. The van der Waals surface area contributed by atoms with Crippen LogP contribution in [0, 0.1) is 0 Å². The highest BCUT2D eigenvalue weighted by molar-refractivity contribution is 8.01. The zero-order valence-electron chi connectivity index (χ0n) is 13.1. The number of amides is 1. The number of likely N-dealkylation sites (N-methyl/N-ethyl adjacent to an activating group) is 1. The minimum atomic E-state index is -1.00.